The minimum atomic E-state index is -3.13. The number of hydrogen-bond acceptors (Lipinski definition) is 3. The van der Waals surface area contributed by atoms with E-state index in [0.29, 0.717) is 38.4 Å². The van der Waals surface area contributed by atoms with Crippen molar-refractivity contribution in [2.45, 2.75) is 38.0 Å². The van der Waals surface area contributed by atoms with E-state index >= 15 is 0 Å². The van der Waals surface area contributed by atoms with Gasteiger partial charge in [0.1, 0.15) is 0 Å². The van der Waals surface area contributed by atoms with E-state index in [9.17, 15) is 13.2 Å². The molecule has 138 valence electrons. The van der Waals surface area contributed by atoms with E-state index in [-0.39, 0.29) is 11.8 Å². The Balaban J connectivity index is 1.45. The number of piperidine rings is 1. The first-order valence-corrected chi connectivity index (χ1v) is 11.1. The molecule has 6 heteroatoms. The largest absolute Gasteiger partial charge is 0.356 e. The van der Waals surface area contributed by atoms with Gasteiger partial charge in [-0.2, -0.15) is 0 Å². The average Bonchev–Trinajstić information content (AvgIpc) is 3.43. The Labute approximate surface area is 150 Å². The van der Waals surface area contributed by atoms with Crippen LogP contribution in [0, 0.1) is 11.8 Å². The fraction of sp³-hybridized carbons (Fsp3) is 0.632. The van der Waals surface area contributed by atoms with Crippen LogP contribution in [0.5, 0.6) is 0 Å². The molecule has 1 aromatic carbocycles. The topological polar surface area (TPSA) is 66.5 Å². The number of sulfonamides is 1. The maximum absolute atomic E-state index is 12.4. The molecule has 5 nitrogen and oxygen atoms in total. The summed E-state index contributed by atoms with van der Waals surface area (Å²) >= 11 is 0. The molecule has 1 N–H and O–H groups in total. The lowest BCUT2D eigenvalue weighted by molar-refractivity contribution is -0.126. The highest BCUT2D eigenvalue weighted by Crippen LogP contribution is 2.44. The Hall–Kier alpha value is -1.40. The molecule has 1 saturated heterocycles. The van der Waals surface area contributed by atoms with Crippen molar-refractivity contribution in [1.82, 2.24) is 9.62 Å². The van der Waals surface area contributed by atoms with Gasteiger partial charge >= 0.3 is 0 Å². The first-order chi connectivity index (χ1) is 11.9. The van der Waals surface area contributed by atoms with Crippen molar-refractivity contribution in [1.29, 1.82) is 0 Å². The Morgan fingerprint density at radius 2 is 1.80 bits per heavy atom. The number of hydrogen-bond donors (Lipinski definition) is 1. The minimum Gasteiger partial charge on any atom is -0.356 e. The summed E-state index contributed by atoms with van der Waals surface area (Å²) in [6.45, 7) is 1.60. The van der Waals surface area contributed by atoms with Crippen molar-refractivity contribution in [3.63, 3.8) is 0 Å². The Bertz CT molecular complexity index is 678. The smallest absolute Gasteiger partial charge is 0.223 e. The van der Waals surface area contributed by atoms with Crippen LogP contribution in [0.1, 0.15) is 43.6 Å². The summed E-state index contributed by atoms with van der Waals surface area (Å²) in [4.78, 5) is 12.4. The van der Waals surface area contributed by atoms with Gasteiger partial charge in [-0.1, -0.05) is 30.3 Å². The first kappa shape index (κ1) is 18.4. The van der Waals surface area contributed by atoms with Crippen molar-refractivity contribution in [2.24, 2.45) is 11.8 Å². The molecule has 3 rings (SSSR count). The van der Waals surface area contributed by atoms with Gasteiger partial charge < -0.3 is 5.32 Å². The highest BCUT2D eigenvalue weighted by atomic mass is 32.2. The third-order valence-electron chi connectivity index (χ3n) is 5.47. The molecule has 1 heterocycles. The summed E-state index contributed by atoms with van der Waals surface area (Å²) in [5.74, 6) is 1.32. The molecular formula is C19H28N2O3S. The zero-order valence-electron chi connectivity index (χ0n) is 14.9. The highest BCUT2D eigenvalue weighted by molar-refractivity contribution is 7.88. The number of nitrogens with zero attached hydrogens (tertiary/aromatic N) is 1. The Morgan fingerprint density at radius 3 is 2.36 bits per heavy atom. The van der Waals surface area contributed by atoms with Gasteiger partial charge in [-0.15, -0.1) is 0 Å². The molecule has 1 saturated carbocycles. The molecule has 0 radical (unpaired) electrons. The number of nitrogens with one attached hydrogen (secondary N) is 1. The summed E-state index contributed by atoms with van der Waals surface area (Å²) in [6.07, 6.45) is 6.01. The van der Waals surface area contributed by atoms with Gasteiger partial charge in [0.05, 0.1) is 6.26 Å². The molecule has 2 fully saturated rings. The van der Waals surface area contributed by atoms with Gasteiger partial charge in [-0.3, -0.25) is 4.79 Å². The van der Waals surface area contributed by atoms with Crippen molar-refractivity contribution >= 4 is 15.9 Å². The second-order valence-electron chi connectivity index (χ2n) is 7.37. The predicted molar refractivity (Wildman–Crippen MR) is 98.7 cm³/mol. The molecule has 25 heavy (non-hydrogen) atoms. The first-order valence-electron chi connectivity index (χ1n) is 9.23. The zero-order valence-corrected chi connectivity index (χ0v) is 15.7. The monoisotopic (exact) mass is 364 g/mol. The second-order valence-corrected chi connectivity index (χ2v) is 9.35. The third kappa shape index (κ3) is 5.05. The van der Waals surface area contributed by atoms with E-state index in [4.69, 9.17) is 0 Å². The van der Waals surface area contributed by atoms with Gasteiger partial charge in [-0.25, -0.2) is 12.7 Å². The van der Waals surface area contributed by atoms with Crippen molar-refractivity contribution in [3.8, 4) is 0 Å². The molecule has 1 aliphatic heterocycles. The van der Waals surface area contributed by atoms with E-state index in [1.807, 2.05) is 6.07 Å². The van der Waals surface area contributed by atoms with Crippen molar-refractivity contribution in [3.05, 3.63) is 35.9 Å². The number of carbonyl (C=O) groups is 1. The minimum absolute atomic E-state index is 0.0610. The van der Waals surface area contributed by atoms with Crippen LogP contribution in [-0.4, -0.2) is 44.5 Å². The number of carbonyl (C=O) groups excluding carboxylic acids is 1. The average molecular weight is 365 g/mol. The molecule has 0 bridgehead atoms. The van der Waals surface area contributed by atoms with Crippen LogP contribution < -0.4 is 5.32 Å². The van der Waals surface area contributed by atoms with Crippen LogP contribution in [-0.2, 0) is 14.8 Å². The van der Waals surface area contributed by atoms with Crippen LogP contribution in [0.25, 0.3) is 0 Å². The standard InChI is InChI=1S/C19H28N2O3S/c1-25(23,24)21-13-10-17(11-14-21)19(22)20-12-9-18(16-7-8-16)15-5-3-2-4-6-15/h2-6,16-18H,7-14H2,1H3,(H,20,22). The quantitative estimate of drug-likeness (QED) is 0.808. The van der Waals surface area contributed by atoms with Crippen LogP contribution >= 0.6 is 0 Å². The Morgan fingerprint density at radius 1 is 1.16 bits per heavy atom. The molecular weight excluding hydrogens is 336 g/mol. The SMILES string of the molecule is CS(=O)(=O)N1CCC(C(=O)NCCC(c2ccccc2)C2CC2)CC1. The van der Waals surface area contributed by atoms with Crippen molar-refractivity contribution in [2.75, 3.05) is 25.9 Å². The van der Waals surface area contributed by atoms with Gasteiger partial charge in [0.25, 0.3) is 0 Å². The maximum atomic E-state index is 12.4. The molecule has 1 unspecified atom stereocenters. The van der Waals surface area contributed by atoms with E-state index < -0.39 is 10.0 Å². The Kier molecular flexibility index (Phi) is 5.79. The van der Waals surface area contributed by atoms with Crippen LogP contribution in [0.2, 0.25) is 0 Å². The number of benzene rings is 1. The van der Waals surface area contributed by atoms with Gasteiger partial charge in [0.15, 0.2) is 0 Å². The van der Waals surface area contributed by atoms with Gasteiger partial charge in [0.2, 0.25) is 15.9 Å². The van der Waals surface area contributed by atoms with E-state index in [2.05, 4.69) is 29.6 Å². The third-order valence-corrected chi connectivity index (χ3v) is 6.77. The molecule has 1 atom stereocenters. The van der Waals surface area contributed by atoms with Crippen molar-refractivity contribution < 1.29 is 13.2 Å². The summed E-state index contributed by atoms with van der Waals surface area (Å²) in [7, 11) is -3.13. The molecule has 1 aliphatic carbocycles. The molecule has 1 aromatic rings. The lowest BCUT2D eigenvalue weighted by atomic mass is 9.91. The predicted octanol–water partition coefficient (Wildman–Crippen LogP) is 2.36. The fourth-order valence-electron chi connectivity index (χ4n) is 3.82. The van der Waals surface area contributed by atoms with Crippen LogP contribution in [0.4, 0.5) is 0 Å². The fourth-order valence-corrected chi connectivity index (χ4v) is 4.69. The summed E-state index contributed by atoms with van der Waals surface area (Å²) in [6, 6.07) is 10.6. The molecule has 1 amide bonds. The van der Waals surface area contributed by atoms with Crippen LogP contribution in [0.3, 0.4) is 0 Å². The normalized spacial score (nSPS) is 21.0. The van der Waals surface area contributed by atoms with E-state index in [0.717, 1.165) is 12.3 Å². The zero-order chi connectivity index (χ0) is 17.9. The maximum Gasteiger partial charge on any atom is 0.223 e. The number of amides is 1. The molecule has 0 aromatic heterocycles. The number of rotatable bonds is 7. The lowest BCUT2D eigenvalue weighted by Gasteiger charge is -2.29. The van der Waals surface area contributed by atoms with E-state index in [1.165, 1.54) is 29.0 Å². The molecule has 2 aliphatic rings. The summed E-state index contributed by atoms with van der Waals surface area (Å²) < 4.78 is 24.5. The molecule has 0 spiro atoms. The lowest BCUT2D eigenvalue weighted by Crippen LogP contribution is -2.42. The summed E-state index contributed by atoms with van der Waals surface area (Å²) in [5.41, 5.74) is 1.38. The second kappa shape index (κ2) is 7.87. The van der Waals surface area contributed by atoms with Gasteiger partial charge in [0, 0.05) is 25.6 Å². The van der Waals surface area contributed by atoms with Gasteiger partial charge in [-0.05, 0) is 49.5 Å². The van der Waals surface area contributed by atoms with E-state index in [1.54, 1.807) is 0 Å². The highest BCUT2D eigenvalue weighted by Gasteiger charge is 2.32. The summed E-state index contributed by atoms with van der Waals surface area (Å²) in [5, 5.41) is 3.08. The van der Waals surface area contributed by atoms with Crippen LogP contribution in [0.15, 0.2) is 30.3 Å².